The van der Waals surface area contributed by atoms with Gasteiger partial charge in [0.25, 0.3) is 0 Å². The zero-order chi connectivity index (χ0) is 16.9. The Hall–Kier alpha value is -1.29. The smallest absolute Gasteiger partial charge is 0.128 e. The first kappa shape index (κ1) is 16.2. The molecule has 0 spiro atoms. The van der Waals surface area contributed by atoms with E-state index in [9.17, 15) is 0 Å². The highest BCUT2D eigenvalue weighted by molar-refractivity contribution is 5.54. The van der Waals surface area contributed by atoms with Crippen LogP contribution in [0.1, 0.15) is 33.6 Å². The van der Waals surface area contributed by atoms with Crippen LogP contribution in [0, 0.1) is 23.2 Å². The van der Waals surface area contributed by atoms with E-state index in [1.807, 2.05) is 6.20 Å². The number of rotatable bonds is 3. The Morgan fingerprint density at radius 3 is 2.58 bits per heavy atom. The summed E-state index contributed by atoms with van der Waals surface area (Å²) in [6.07, 6.45) is 4.69. The molecule has 1 saturated heterocycles. The van der Waals surface area contributed by atoms with Crippen molar-refractivity contribution >= 4 is 11.5 Å². The van der Waals surface area contributed by atoms with Crippen molar-refractivity contribution in [2.45, 2.75) is 39.7 Å². The average Bonchev–Trinajstić information content (AvgIpc) is 2.57. The third-order valence-corrected chi connectivity index (χ3v) is 7.30. The molecule has 1 aromatic heterocycles. The molecule has 0 aromatic carbocycles. The van der Waals surface area contributed by atoms with Crippen molar-refractivity contribution in [3.05, 3.63) is 18.3 Å². The van der Waals surface area contributed by atoms with Crippen LogP contribution in [-0.2, 0) is 0 Å². The molecule has 2 heterocycles. The average molecular weight is 329 g/mol. The second kappa shape index (κ2) is 5.91. The predicted octanol–water partition coefficient (Wildman–Crippen LogP) is 3.32. The molecule has 132 valence electrons. The summed E-state index contributed by atoms with van der Waals surface area (Å²) in [5, 5.41) is 3.77. The Bertz CT molecular complexity index is 591. The van der Waals surface area contributed by atoms with Crippen molar-refractivity contribution in [1.82, 2.24) is 9.88 Å². The second-order valence-corrected chi connectivity index (χ2v) is 8.90. The zero-order valence-corrected chi connectivity index (χ0v) is 15.6. The Balaban J connectivity index is 1.43. The molecule has 4 unspecified atom stereocenters. The van der Waals surface area contributed by atoms with Crippen molar-refractivity contribution < 1.29 is 0 Å². The molecule has 3 saturated carbocycles. The van der Waals surface area contributed by atoms with E-state index in [1.54, 1.807) is 0 Å². The van der Waals surface area contributed by atoms with Gasteiger partial charge in [-0.15, -0.1) is 0 Å². The maximum Gasteiger partial charge on any atom is 0.128 e. The number of fused-ring (bicyclic) bond motifs is 2. The largest absolute Gasteiger partial charge is 0.369 e. The van der Waals surface area contributed by atoms with E-state index < -0.39 is 0 Å². The van der Waals surface area contributed by atoms with Crippen molar-refractivity contribution in [3.63, 3.8) is 0 Å². The summed E-state index contributed by atoms with van der Waals surface area (Å²) < 4.78 is 0. The van der Waals surface area contributed by atoms with Crippen LogP contribution >= 0.6 is 0 Å². The number of aromatic nitrogens is 1. The van der Waals surface area contributed by atoms with Crippen molar-refractivity contribution in [2.75, 3.05) is 43.4 Å². The molecule has 4 fully saturated rings. The van der Waals surface area contributed by atoms with Crippen molar-refractivity contribution in [2.24, 2.45) is 23.2 Å². The lowest BCUT2D eigenvalue weighted by Crippen LogP contribution is -2.58. The van der Waals surface area contributed by atoms with Crippen LogP contribution in [0.3, 0.4) is 0 Å². The van der Waals surface area contributed by atoms with Gasteiger partial charge in [-0.25, -0.2) is 4.98 Å². The maximum atomic E-state index is 4.61. The lowest BCUT2D eigenvalue weighted by Gasteiger charge is -2.62. The summed E-state index contributed by atoms with van der Waals surface area (Å²) in [4.78, 5) is 9.49. The number of likely N-dealkylation sites (N-methyl/N-ethyl adjacent to an activating group) is 1. The topological polar surface area (TPSA) is 31.4 Å². The predicted molar refractivity (Wildman–Crippen MR) is 101 cm³/mol. The molecule has 1 aromatic rings. The molecule has 1 aliphatic heterocycles. The third kappa shape index (κ3) is 2.69. The molecular formula is C20H32N4. The lowest BCUT2D eigenvalue weighted by atomic mass is 9.45. The minimum Gasteiger partial charge on any atom is -0.369 e. The SMILES string of the molecule is CC1C(Nc2cc(N3CCN(C)CC3)ccn2)CC2CC1C2(C)C. The number of nitrogens with one attached hydrogen (secondary N) is 1. The number of anilines is 2. The Labute approximate surface area is 146 Å². The standard InChI is InChI=1S/C20H32N4/c1-14-17-11-15(20(17,2)3)12-18(14)22-19-13-16(5-6-21-19)24-9-7-23(4)8-10-24/h5-6,13-15,17-18H,7-12H2,1-4H3,(H,21,22). The van der Waals surface area contributed by atoms with Gasteiger partial charge < -0.3 is 15.1 Å². The maximum absolute atomic E-state index is 4.61. The zero-order valence-electron chi connectivity index (χ0n) is 15.6. The summed E-state index contributed by atoms with van der Waals surface area (Å²) in [5.41, 5.74) is 1.86. The van der Waals surface area contributed by atoms with Crippen LogP contribution in [0.15, 0.2) is 18.3 Å². The van der Waals surface area contributed by atoms with Crippen LogP contribution < -0.4 is 10.2 Å². The van der Waals surface area contributed by atoms with Crippen molar-refractivity contribution in [3.8, 4) is 0 Å². The molecule has 4 nitrogen and oxygen atoms in total. The number of piperazine rings is 1. The molecule has 4 atom stereocenters. The monoisotopic (exact) mass is 328 g/mol. The number of hydrogen-bond acceptors (Lipinski definition) is 4. The first-order valence-electron chi connectivity index (χ1n) is 9.61. The molecular weight excluding hydrogens is 296 g/mol. The minimum atomic E-state index is 0.548. The van der Waals surface area contributed by atoms with E-state index in [1.165, 1.54) is 18.5 Å². The fourth-order valence-electron chi connectivity index (χ4n) is 5.29. The van der Waals surface area contributed by atoms with Crippen molar-refractivity contribution in [1.29, 1.82) is 0 Å². The molecule has 5 rings (SSSR count). The van der Waals surface area contributed by atoms with Gasteiger partial charge in [0.2, 0.25) is 0 Å². The van der Waals surface area contributed by atoms with E-state index in [0.717, 1.165) is 49.8 Å². The van der Waals surface area contributed by atoms with Gasteiger partial charge in [-0.1, -0.05) is 20.8 Å². The molecule has 3 aliphatic carbocycles. The second-order valence-electron chi connectivity index (χ2n) is 8.90. The minimum absolute atomic E-state index is 0.548. The van der Waals surface area contributed by atoms with Gasteiger partial charge >= 0.3 is 0 Å². The molecule has 1 N–H and O–H groups in total. The lowest BCUT2D eigenvalue weighted by molar-refractivity contribution is -0.105. The van der Waals surface area contributed by atoms with Gasteiger partial charge in [-0.05, 0) is 49.1 Å². The Morgan fingerprint density at radius 2 is 1.92 bits per heavy atom. The summed E-state index contributed by atoms with van der Waals surface area (Å²) in [7, 11) is 2.20. The normalized spacial score (nSPS) is 35.4. The van der Waals surface area contributed by atoms with E-state index in [0.29, 0.717) is 11.5 Å². The fourth-order valence-corrected chi connectivity index (χ4v) is 5.29. The van der Waals surface area contributed by atoms with Crippen LogP contribution in [0.2, 0.25) is 0 Å². The molecule has 0 radical (unpaired) electrons. The molecule has 4 aliphatic rings. The van der Waals surface area contributed by atoms with E-state index in [-0.39, 0.29) is 0 Å². The van der Waals surface area contributed by atoms with Gasteiger partial charge in [0.05, 0.1) is 0 Å². The number of hydrogen-bond donors (Lipinski definition) is 1. The summed E-state index contributed by atoms with van der Waals surface area (Å²) in [5.74, 6) is 3.55. The first-order chi connectivity index (χ1) is 11.4. The van der Waals surface area contributed by atoms with Gasteiger partial charge in [0.1, 0.15) is 5.82 Å². The van der Waals surface area contributed by atoms with Crippen LogP contribution in [-0.4, -0.2) is 49.2 Å². The molecule has 24 heavy (non-hydrogen) atoms. The highest BCUT2D eigenvalue weighted by atomic mass is 15.2. The van der Waals surface area contributed by atoms with E-state index in [4.69, 9.17) is 0 Å². The van der Waals surface area contributed by atoms with Gasteiger partial charge in [-0.3, -0.25) is 0 Å². The third-order valence-electron chi connectivity index (χ3n) is 7.30. The summed E-state index contributed by atoms with van der Waals surface area (Å²) >= 11 is 0. The van der Waals surface area contributed by atoms with E-state index >= 15 is 0 Å². The fraction of sp³-hybridized carbons (Fsp3) is 0.750. The Kier molecular flexibility index (Phi) is 3.98. The van der Waals surface area contributed by atoms with Gasteiger partial charge in [-0.2, -0.15) is 0 Å². The van der Waals surface area contributed by atoms with Crippen LogP contribution in [0.5, 0.6) is 0 Å². The first-order valence-corrected chi connectivity index (χ1v) is 9.61. The molecule has 0 amide bonds. The Morgan fingerprint density at radius 1 is 1.17 bits per heavy atom. The van der Waals surface area contributed by atoms with Crippen LogP contribution in [0.4, 0.5) is 11.5 Å². The number of pyridine rings is 1. The summed E-state index contributed by atoms with van der Waals surface area (Å²) in [6, 6.07) is 4.99. The van der Waals surface area contributed by atoms with Gasteiger partial charge in [0.15, 0.2) is 0 Å². The number of nitrogens with zero attached hydrogens (tertiary/aromatic N) is 3. The summed E-state index contributed by atoms with van der Waals surface area (Å²) in [6.45, 7) is 11.9. The quantitative estimate of drug-likeness (QED) is 0.922. The van der Waals surface area contributed by atoms with E-state index in [2.05, 4.69) is 60.1 Å². The molecule has 4 heteroatoms. The molecule has 2 bridgehead atoms. The van der Waals surface area contributed by atoms with Crippen LogP contribution in [0.25, 0.3) is 0 Å². The van der Waals surface area contributed by atoms with Gasteiger partial charge in [0, 0.05) is 50.2 Å². The highest BCUT2D eigenvalue weighted by Crippen LogP contribution is 2.61. The highest BCUT2D eigenvalue weighted by Gasteiger charge is 2.56.